The largest absolute Gasteiger partial charge is 0.320 e. The standard InChI is InChI=1S/C19H15FN4O2S/c1-10-3-6-15(11(2)7-10)24-16(25)9-27-19(24)23-22-17-13-8-12(20)4-5-14(13)21-18(17)26/h3-8H,9H2,1-2H3,(H,21,22,26). The molecule has 136 valence electrons. The summed E-state index contributed by atoms with van der Waals surface area (Å²) in [6, 6.07) is 9.75. The second-order valence-corrected chi connectivity index (χ2v) is 7.23. The molecule has 0 saturated carbocycles. The Morgan fingerprint density at radius 2 is 1.93 bits per heavy atom. The van der Waals surface area contributed by atoms with E-state index in [0.29, 0.717) is 16.4 Å². The number of halogens is 1. The van der Waals surface area contributed by atoms with Crippen LogP contribution in [0, 0.1) is 19.7 Å². The van der Waals surface area contributed by atoms with Crippen molar-refractivity contribution < 1.29 is 14.0 Å². The summed E-state index contributed by atoms with van der Waals surface area (Å²) in [6.45, 7) is 3.90. The Labute approximate surface area is 159 Å². The van der Waals surface area contributed by atoms with E-state index in [1.54, 1.807) is 0 Å². The predicted octanol–water partition coefficient (Wildman–Crippen LogP) is 3.23. The van der Waals surface area contributed by atoms with E-state index in [9.17, 15) is 14.0 Å². The molecule has 0 aromatic heterocycles. The Balaban J connectivity index is 1.73. The summed E-state index contributed by atoms with van der Waals surface area (Å²) < 4.78 is 13.5. The van der Waals surface area contributed by atoms with Gasteiger partial charge in [0.2, 0.25) is 5.91 Å². The molecular formula is C19H15FN4O2S. The van der Waals surface area contributed by atoms with Crippen LogP contribution < -0.4 is 10.2 Å². The number of amides is 2. The lowest BCUT2D eigenvalue weighted by Gasteiger charge is -2.18. The number of nitrogens with one attached hydrogen (secondary N) is 1. The lowest BCUT2D eigenvalue weighted by Crippen LogP contribution is -2.29. The van der Waals surface area contributed by atoms with Crippen molar-refractivity contribution in [2.45, 2.75) is 13.8 Å². The molecule has 2 aromatic rings. The molecular weight excluding hydrogens is 367 g/mol. The van der Waals surface area contributed by atoms with E-state index in [1.807, 2.05) is 32.0 Å². The second-order valence-electron chi connectivity index (χ2n) is 6.28. The maximum absolute atomic E-state index is 13.5. The highest BCUT2D eigenvalue weighted by Crippen LogP contribution is 2.30. The Bertz CT molecular complexity index is 1050. The Hall–Kier alpha value is -3.00. The lowest BCUT2D eigenvalue weighted by molar-refractivity contribution is -0.115. The number of fused-ring (bicyclic) bond motifs is 1. The van der Waals surface area contributed by atoms with E-state index >= 15 is 0 Å². The van der Waals surface area contributed by atoms with Gasteiger partial charge < -0.3 is 5.32 Å². The maximum Gasteiger partial charge on any atom is 0.276 e. The van der Waals surface area contributed by atoms with Crippen LogP contribution in [0.4, 0.5) is 15.8 Å². The average Bonchev–Trinajstić information content (AvgIpc) is 3.12. The van der Waals surface area contributed by atoms with E-state index in [4.69, 9.17) is 0 Å². The van der Waals surface area contributed by atoms with Crippen molar-refractivity contribution in [2.75, 3.05) is 16.0 Å². The van der Waals surface area contributed by atoms with Gasteiger partial charge in [0.05, 0.1) is 17.1 Å². The van der Waals surface area contributed by atoms with Gasteiger partial charge in [-0.15, -0.1) is 10.2 Å². The normalized spacial score (nSPS) is 19.1. The summed E-state index contributed by atoms with van der Waals surface area (Å²) in [5, 5.41) is 11.2. The molecule has 1 N–H and O–H groups in total. The molecule has 2 heterocycles. The third-order valence-electron chi connectivity index (χ3n) is 4.29. The SMILES string of the molecule is Cc1ccc(N2C(=O)CSC2=NN=C2C(=O)Nc3ccc(F)cc32)c(C)c1. The quantitative estimate of drug-likeness (QED) is 0.811. The third kappa shape index (κ3) is 3.12. The third-order valence-corrected chi connectivity index (χ3v) is 5.21. The lowest BCUT2D eigenvalue weighted by atomic mass is 10.1. The minimum Gasteiger partial charge on any atom is -0.320 e. The number of amidine groups is 1. The Morgan fingerprint density at radius 1 is 1.11 bits per heavy atom. The molecule has 1 saturated heterocycles. The van der Waals surface area contributed by atoms with Crippen molar-refractivity contribution >= 4 is 45.8 Å². The van der Waals surface area contributed by atoms with Gasteiger partial charge in [-0.05, 0) is 43.7 Å². The fraction of sp³-hybridized carbons (Fsp3) is 0.158. The highest BCUT2D eigenvalue weighted by molar-refractivity contribution is 8.15. The zero-order valence-electron chi connectivity index (χ0n) is 14.6. The van der Waals surface area contributed by atoms with Crippen LogP contribution in [0.15, 0.2) is 46.6 Å². The van der Waals surface area contributed by atoms with Crippen molar-refractivity contribution in [2.24, 2.45) is 10.2 Å². The molecule has 0 bridgehead atoms. The minimum atomic E-state index is -0.465. The molecule has 8 heteroatoms. The minimum absolute atomic E-state index is 0.0255. The van der Waals surface area contributed by atoms with Crippen LogP contribution in [0.3, 0.4) is 0 Å². The van der Waals surface area contributed by atoms with Crippen LogP contribution >= 0.6 is 11.8 Å². The van der Waals surface area contributed by atoms with Crippen LogP contribution in [-0.4, -0.2) is 28.4 Å². The topological polar surface area (TPSA) is 74.1 Å². The van der Waals surface area contributed by atoms with Gasteiger partial charge >= 0.3 is 0 Å². The van der Waals surface area contributed by atoms with Crippen LogP contribution in [0.25, 0.3) is 0 Å². The molecule has 0 aliphatic carbocycles. The summed E-state index contributed by atoms with van der Waals surface area (Å²) in [5.41, 5.74) is 3.64. The molecule has 0 unspecified atom stereocenters. The zero-order chi connectivity index (χ0) is 19.1. The van der Waals surface area contributed by atoms with Gasteiger partial charge in [0, 0.05) is 5.56 Å². The molecule has 1 fully saturated rings. The van der Waals surface area contributed by atoms with Crippen molar-refractivity contribution in [3.63, 3.8) is 0 Å². The number of carbonyl (C=O) groups excluding carboxylic acids is 2. The van der Waals surface area contributed by atoms with Crippen LogP contribution in [-0.2, 0) is 9.59 Å². The number of hydrogen-bond donors (Lipinski definition) is 1. The molecule has 2 aromatic carbocycles. The number of carbonyl (C=O) groups is 2. The summed E-state index contributed by atoms with van der Waals surface area (Å²) in [7, 11) is 0. The molecule has 2 aliphatic rings. The van der Waals surface area contributed by atoms with Gasteiger partial charge in [0.15, 0.2) is 10.9 Å². The van der Waals surface area contributed by atoms with Gasteiger partial charge in [-0.25, -0.2) is 4.39 Å². The Morgan fingerprint density at radius 3 is 2.70 bits per heavy atom. The van der Waals surface area contributed by atoms with Gasteiger partial charge in [-0.3, -0.25) is 14.5 Å². The number of anilines is 2. The highest BCUT2D eigenvalue weighted by atomic mass is 32.2. The first kappa shape index (κ1) is 17.4. The molecule has 0 radical (unpaired) electrons. The number of hydrogen-bond acceptors (Lipinski definition) is 5. The first-order valence-corrected chi connectivity index (χ1v) is 9.22. The summed E-state index contributed by atoms with van der Waals surface area (Å²) in [5.74, 6) is -0.775. The van der Waals surface area contributed by atoms with Crippen molar-refractivity contribution in [1.82, 2.24) is 0 Å². The number of nitrogens with zero attached hydrogens (tertiary/aromatic N) is 3. The zero-order valence-corrected chi connectivity index (χ0v) is 15.4. The van der Waals surface area contributed by atoms with Gasteiger partial charge in [0.25, 0.3) is 5.91 Å². The van der Waals surface area contributed by atoms with Crippen molar-refractivity contribution in [1.29, 1.82) is 0 Å². The van der Waals surface area contributed by atoms with Crippen LogP contribution in [0.5, 0.6) is 0 Å². The number of thioether (sulfide) groups is 1. The van der Waals surface area contributed by atoms with E-state index in [0.717, 1.165) is 16.8 Å². The van der Waals surface area contributed by atoms with Crippen LogP contribution in [0.1, 0.15) is 16.7 Å². The monoisotopic (exact) mass is 382 g/mol. The summed E-state index contributed by atoms with van der Waals surface area (Å²) in [6.07, 6.45) is 0. The van der Waals surface area contributed by atoms with Crippen molar-refractivity contribution in [3.8, 4) is 0 Å². The van der Waals surface area contributed by atoms with Crippen molar-refractivity contribution in [3.05, 3.63) is 58.9 Å². The molecule has 2 amide bonds. The fourth-order valence-corrected chi connectivity index (χ4v) is 3.86. The average molecular weight is 382 g/mol. The van der Waals surface area contributed by atoms with Gasteiger partial charge in [0.1, 0.15) is 5.82 Å². The number of aryl methyl sites for hydroxylation is 2. The first-order valence-electron chi connectivity index (χ1n) is 8.24. The number of benzene rings is 2. The van der Waals surface area contributed by atoms with E-state index < -0.39 is 11.7 Å². The molecule has 0 atom stereocenters. The van der Waals surface area contributed by atoms with E-state index in [-0.39, 0.29) is 17.4 Å². The highest BCUT2D eigenvalue weighted by Gasteiger charge is 2.32. The second kappa shape index (κ2) is 6.62. The molecule has 0 spiro atoms. The summed E-state index contributed by atoms with van der Waals surface area (Å²) in [4.78, 5) is 26.0. The smallest absolute Gasteiger partial charge is 0.276 e. The molecule has 27 heavy (non-hydrogen) atoms. The molecule has 6 nitrogen and oxygen atoms in total. The van der Waals surface area contributed by atoms with E-state index in [2.05, 4.69) is 15.5 Å². The number of rotatable bonds is 2. The molecule has 2 aliphatic heterocycles. The van der Waals surface area contributed by atoms with Gasteiger partial charge in [-0.2, -0.15) is 0 Å². The van der Waals surface area contributed by atoms with E-state index in [1.165, 1.54) is 34.9 Å². The predicted molar refractivity (Wildman–Crippen MR) is 105 cm³/mol. The maximum atomic E-state index is 13.5. The van der Waals surface area contributed by atoms with Crippen LogP contribution in [0.2, 0.25) is 0 Å². The summed E-state index contributed by atoms with van der Waals surface area (Å²) >= 11 is 1.25. The first-order chi connectivity index (χ1) is 12.9. The fourth-order valence-electron chi connectivity index (χ4n) is 3.05. The molecule has 4 rings (SSSR count). The van der Waals surface area contributed by atoms with Gasteiger partial charge in [-0.1, -0.05) is 29.5 Å². The Kier molecular flexibility index (Phi) is 4.27.